The van der Waals surface area contributed by atoms with Gasteiger partial charge in [0, 0.05) is 5.02 Å². The van der Waals surface area contributed by atoms with Crippen LogP contribution in [0.25, 0.3) is 0 Å². The smallest absolute Gasteiger partial charge is 0.0804 e. The molecular formula is C13H17ClN4S. The maximum absolute atomic E-state index is 6.19. The van der Waals surface area contributed by atoms with Crippen LogP contribution in [0.4, 0.5) is 0 Å². The third-order valence-electron chi connectivity index (χ3n) is 2.97. The molecule has 0 radical (unpaired) electrons. The van der Waals surface area contributed by atoms with Gasteiger partial charge in [-0.3, -0.25) is 11.3 Å². The van der Waals surface area contributed by atoms with Gasteiger partial charge in [0.1, 0.15) is 0 Å². The van der Waals surface area contributed by atoms with E-state index in [1.54, 1.807) is 0 Å². The summed E-state index contributed by atoms with van der Waals surface area (Å²) in [6.45, 7) is 2.13. The number of halogens is 1. The van der Waals surface area contributed by atoms with E-state index in [1.807, 2.05) is 24.3 Å². The Hall–Kier alpha value is -1.01. The van der Waals surface area contributed by atoms with Crippen LogP contribution >= 0.6 is 23.1 Å². The van der Waals surface area contributed by atoms with E-state index in [0.29, 0.717) is 0 Å². The van der Waals surface area contributed by atoms with Crippen LogP contribution in [0.3, 0.4) is 0 Å². The molecule has 2 aromatic rings. The molecule has 0 saturated carbocycles. The number of hydrogen-bond donors (Lipinski definition) is 2. The van der Waals surface area contributed by atoms with Crippen molar-refractivity contribution < 1.29 is 0 Å². The van der Waals surface area contributed by atoms with Crippen LogP contribution in [0.5, 0.6) is 0 Å². The molecule has 1 aromatic heterocycles. The lowest BCUT2D eigenvalue weighted by Crippen LogP contribution is -2.29. The number of nitrogens with zero attached hydrogens (tertiary/aromatic N) is 2. The van der Waals surface area contributed by atoms with Crippen molar-refractivity contribution in [2.24, 2.45) is 5.84 Å². The fourth-order valence-electron chi connectivity index (χ4n) is 2.00. The number of rotatable bonds is 6. The highest BCUT2D eigenvalue weighted by Gasteiger charge is 2.19. The molecule has 0 spiro atoms. The fourth-order valence-corrected chi connectivity index (χ4v) is 2.97. The van der Waals surface area contributed by atoms with Gasteiger partial charge in [0.25, 0.3) is 0 Å². The molecule has 0 amide bonds. The molecule has 1 aromatic carbocycles. The zero-order valence-electron chi connectivity index (χ0n) is 10.8. The second-order valence-electron chi connectivity index (χ2n) is 4.35. The number of nitrogens with two attached hydrogens (primary N) is 1. The van der Waals surface area contributed by atoms with E-state index in [4.69, 9.17) is 17.4 Å². The maximum Gasteiger partial charge on any atom is 0.0804 e. The van der Waals surface area contributed by atoms with E-state index < -0.39 is 0 Å². The number of hydrogen-bond acceptors (Lipinski definition) is 5. The van der Waals surface area contributed by atoms with Gasteiger partial charge in [-0.25, -0.2) is 0 Å². The number of hydrazine groups is 1. The van der Waals surface area contributed by atoms with Crippen molar-refractivity contribution >= 4 is 23.1 Å². The van der Waals surface area contributed by atoms with E-state index >= 15 is 0 Å². The summed E-state index contributed by atoms with van der Waals surface area (Å²) in [6, 6.07) is 7.81. The predicted octanol–water partition coefficient (Wildman–Crippen LogP) is 2.89. The number of nitrogens with one attached hydrogen (secondary N) is 1. The summed E-state index contributed by atoms with van der Waals surface area (Å²) in [5.41, 5.74) is 4.95. The zero-order chi connectivity index (χ0) is 13.7. The monoisotopic (exact) mass is 296 g/mol. The van der Waals surface area contributed by atoms with Crippen molar-refractivity contribution in [3.8, 4) is 0 Å². The van der Waals surface area contributed by atoms with Crippen LogP contribution in [0, 0.1) is 0 Å². The van der Waals surface area contributed by atoms with Crippen LogP contribution in [0.15, 0.2) is 24.3 Å². The quantitative estimate of drug-likeness (QED) is 0.635. The van der Waals surface area contributed by atoms with Crippen LogP contribution < -0.4 is 11.3 Å². The summed E-state index contributed by atoms with van der Waals surface area (Å²) in [5.74, 6) is 5.68. The molecule has 0 aliphatic carbocycles. The van der Waals surface area contributed by atoms with Gasteiger partial charge in [0.05, 0.1) is 16.6 Å². The summed E-state index contributed by atoms with van der Waals surface area (Å²) >= 11 is 7.59. The third-order valence-corrected chi connectivity index (χ3v) is 4.22. The molecule has 0 aliphatic heterocycles. The van der Waals surface area contributed by atoms with Crippen molar-refractivity contribution in [1.82, 2.24) is 15.0 Å². The lowest BCUT2D eigenvalue weighted by atomic mass is 10.0. The highest BCUT2D eigenvalue weighted by Crippen LogP contribution is 2.27. The van der Waals surface area contributed by atoms with E-state index in [0.717, 1.165) is 40.4 Å². The van der Waals surface area contributed by atoms with Gasteiger partial charge >= 0.3 is 0 Å². The first-order chi connectivity index (χ1) is 9.26. The second kappa shape index (κ2) is 6.96. The summed E-state index contributed by atoms with van der Waals surface area (Å²) in [7, 11) is 0. The normalized spacial score (nSPS) is 12.6. The SMILES string of the molecule is CCCc1nnsc1C(Cc1ccccc1Cl)NN. The first kappa shape index (κ1) is 14.4. The minimum absolute atomic E-state index is 0.00134. The molecule has 6 heteroatoms. The summed E-state index contributed by atoms with van der Waals surface area (Å²) in [4.78, 5) is 1.10. The van der Waals surface area contributed by atoms with Gasteiger partial charge in [-0.1, -0.05) is 47.6 Å². The van der Waals surface area contributed by atoms with Gasteiger partial charge in [-0.05, 0) is 36.0 Å². The summed E-state index contributed by atoms with van der Waals surface area (Å²) < 4.78 is 4.04. The minimum Gasteiger partial charge on any atom is -0.271 e. The van der Waals surface area contributed by atoms with E-state index in [2.05, 4.69) is 21.9 Å². The molecule has 0 aliphatic rings. The topological polar surface area (TPSA) is 63.8 Å². The largest absolute Gasteiger partial charge is 0.271 e. The molecule has 4 nitrogen and oxygen atoms in total. The van der Waals surface area contributed by atoms with Crippen molar-refractivity contribution in [3.05, 3.63) is 45.4 Å². The molecule has 1 heterocycles. The first-order valence-corrected chi connectivity index (χ1v) is 7.42. The maximum atomic E-state index is 6.19. The number of benzene rings is 1. The number of aromatic nitrogens is 2. The van der Waals surface area contributed by atoms with Gasteiger partial charge in [-0.15, -0.1) is 5.10 Å². The van der Waals surface area contributed by atoms with Crippen LogP contribution in [-0.2, 0) is 12.8 Å². The minimum atomic E-state index is 0.00134. The highest BCUT2D eigenvalue weighted by atomic mass is 35.5. The Morgan fingerprint density at radius 2 is 2.21 bits per heavy atom. The van der Waals surface area contributed by atoms with Crippen molar-refractivity contribution in [2.45, 2.75) is 32.2 Å². The van der Waals surface area contributed by atoms with Crippen molar-refractivity contribution in [3.63, 3.8) is 0 Å². The van der Waals surface area contributed by atoms with Crippen LogP contribution in [0.2, 0.25) is 5.02 Å². The lowest BCUT2D eigenvalue weighted by molar-refractivity contribution is 0.554. The fraction of sp³-hybridized carbons (Fsp3) is 0.385. The molecule has 0 fully saturated rings. The Kier molecular flexibility index (Phi) is 5.27. The van der Waals surface area contributed by atoms with Gasteiger partial charge in [0.15, 0.2) is 0 Å². The molecule has 102 valence electrons. The molecule has 0 bridgehead atoms. The molecule has 0 saturated heterocycles. The molecule has 3 N–H and O–H groups in total. The Morgan fingerprint density at radius 1 is 1.42 bits per heavy atom. The van der Waals surface area contributed by atoms with Crippen LogP contribution in [-0.4, -0.2) is 9.59 Å². The Labute approximate surface area is 122 Å². The molecule has 1 unspecified atom stereocenters. The third kappa shape index (κ3) is 3.51. The summed E-state index contributed by atoms with van der Waals surface area (Å²) in [5, 5.41) is 4.94. The van der Waals surface area contributed by atoms with E-state index in [-0.39, 0.29) is 6.04 Å². The molecule has 1 atom stereocenters. The average molecular weight is 297 g/mol. The second-order valence-corrected chi connectivity index (χ2v) is 5.54. The Morgan fingerprint density at radius 3 is 2.89 bits per heavy atom. The molecular weight excluding hydrogens is 280 g/mol. The van der Waals surface area contributed by atoms with Crippen molar-refractivity contribution in [2.75, 3.05) is 0 Å². The van der Waals surface area contributed by atoms with Gasteiger partial charge in [0.2, 0.25) is 0 Å². The Bertz CT molecular complexity index is 529. The zero-order valence-corrected chi connectivity index (χ0v) is 12.3. The molecule has 19 heavy (non-hydrogen) atoms. The summed E-state index contributed by atoms with van der Waals surface area (Å²) in [6.07, 6.45) is 2.70. The Balaban J connectivity index is 2.20. The van der Waals surface area contributed by atoms with E-state index in [9.17, 15) is 0 Å². The van der Waals surface area contributed by atoms with Gasteiger partial charge in [-0.2, -0.15) is 0 Å². The van der Waals surface area contributed by atoms with Crippen molar-refractivity contribution in [1.29, 1.82) is 0 Å². The van der Waals surface area contributed by atoms with Gasteiger partial charge < -0.3 is 0 Å². The number of aryl methyl sites for hydroxylation is 1. The lowest BCUT2D eigenvalue weighted by Gasteiger charge is -2.15. The highest BCUT2D eigenvalue weighted by molar-refractivity contribution is 7.05. The first-order valence-electron chi connectivity index (χ1n) is 6.27. The predicted molar refractivity (Wildman–Crippen MR) is 79.1 cm³/mol. The van der Waals surface area contributed by atoms with E-state index in [1.165, 1.54) is 11.5 Å². The average Bonchev–Trinajstić information content (AvgIpc) is 2.86. The van der Waals surface area contributed by atoms with Crippen LogP contribution in [0.1, 0.15) is 35.5 Å². The molecule has 2 rings (SSSR count). The standard InChI is InChI=1S/C13H17ClN4S/c1-2-5-11-13(19-18-17-11)12(16-15)8-9-6-3-4-7-10(9)14/h3-4,6-7,12,16H,2,5,8,15H2,1H3.